The number of carboxylic acid groups (broad SMARTS) is 1. The molecule has 0 bridgehead atoms. The summed E-state index contributed by atoms with van der Waals surface area (Å²) in [6.07, 6.45) is -1.85. The Labute approximate surface area is 109 Å². The van der Waals surface area contributed by atoms with Gasteiger partial charge in [0.05, 0.1) is 11.8 Å². The molecule has 1 fully saturated rings. The van der Waals surface area contributed by atoms with Crippen molar-refractivity contribution >= 4 is 23.5 Å². The van der Waals surface area contributed by atoms with Crippen molar-refractivity contribution in [3.8, 4) is 0 Å². The van der Waals surface area contributed by atoms with Crippen molar-refractivity contribution in [2.24, 2.45) is 5.73 Å². The molecule has 0 spiro atoms. The van der Waals surface area contributed by atoms with Crippen LogP contribution >= 0.6 is 0 Å². The van der Waals surface area contributed by atoms with Gasteiger partial charge >= 0.3 is 6.16 Å². The summed E-state index contributed by atoms with van der Waals surface area (Å²) >= 11 is 0. The smallest absolute Gasteiger partial charge is 0.448 e. The van der Waals surface area contributed by atoms with E-state index in [1.807, 2.05) is 4.90 Å². The Kier molecular flexibility index (Phi) is 3.43. The molecule has 8 heteroatoms. The van der Waals surface area contributed by atoms with Gasteiger partial charge in [0.1, 0.15) is 0 Å². The van der Waals surface area contributed by atoms with Gasteiger partial charge in [-0.15, -0.1) is 5.06 Å². The van der Waals surface area contributed by atoms with E-state index in [0.717, 1.165) is 5.69 Å². The first-order valence-corrected chi connectivity index (χ1v) is 5.55. The van der Waals surface area contributed by atoms with Crippen LogP contribution in [0.1, 0.15) is 0 Å². The van der Waals surface area contributed by atoms with Crippen LogP contribution in [0.4, 0.5) is 16.2 Å². The summed E-state index contributed by atoms with van der Waals surface area (Å²) < 4.78 is 0. The minimum absolute atomic E-state index is 0.302. The fraction of sp³-hybridized carbons (Fsp3) is 0.273. The molecule has 0 saturated carbocycles. The number of benzene rings is 1. The number of nitrogens with zero attached hydrogens (tertiary/aromatic N) is 2. The van der Waals surface area contributed by atoms with Gasteiger partial charge in [-0.05, 0) is 24.3 Å². The molecule has 0 aromatic heterocycles. The zero-order valence-electron chi connectivity index (χ0n) is 9.98. The summed E-state index contributed by atoms with van der Waals surface area (Å²) in [5.74, 6) is -0.533. The van der Waals surface area contributed by atoms with Crippen LogP contribution in [-0.4, -0.2) is 41.5 Å². The summed E-state index contributed by atoms with van der Waals surface area (Å²) in [6.45, 7) is 1.14. The lowest BCUT2D eigenvalue weighted by atomic mass is 10.1. The number of hydrogen-bond donors (Lipinski definition) is 4. The third kappa shape index (κ3) is 2.86. The lowest BCUT2D eigenvalue weighted by Gasteiger charge is -2.38. The van der Waals surface area contributed by atoms with Gasteiger partial charge in [-0.25, -0.2) is 4.79 Å². The Hall–Kier alpha value is -2.48. The second-order valence-electron chi connectivity index (χ2n) is 4.11. The van der Waals surface area contributed by atoms with E-state index >= 15 is 0 Å². The fourth-order valence-corrected chi connectivity index (χ4v) is 1.78. The molecule has 0 amide bonds. The largest absolute Gasteiger partial charge is 0.531 e. The molecule has 0 radical (unpaired) electrons. The molecular weight excluding hydrogens is 252 g/mol. The second-order valence-corrected chi connectivity index (χ2v) is 4.11. The number of rotatable bonds is 2. The zero-order valence-corrected chi connectivity index (χ0v) is 9.98. The minimum atomic E-state index is -1.55. The molecule has 1 aliphatic rings. The van der Waals surface area contributed by atoms with Crippen molar-refractivity contribution < 1.29 is 19.8 Å². The highest BCUT2D eigenvalue weighted by atomic mass is 16.8. The zero-order chi connectivity index (χ0) is 14.0. The Morgan fingerprint density at radius 2 is 2.00 bits per heavy atom. The highest BCUT2D eigenvalue weighted by molar-refractivity contribution is 5.92. The first-order valence-electron chi connectivity index (χ1n) is 5.55. The van der Waals surface area contributed by atoms with Gasteiger partial charge < -0.3 is 20.8 Å². The highest BCUT2D eigenvalue weighted by Crippen LogP contribution is 2.24. The summed E-state index contributed by atoms with van der Waals surface area (Å²) in [5.41, 5.74) is 6.48. The maximum absolute atomic E-state index is 10.5. The maximum atomic E-state index is 10.5. The van der Waals surface area contributed by atoms with Crippen molar-refractivity contribution in [2.75, 3.05) is 23.1 Å². The number of hydrogen-bond acceptors (Lipinski definition) is 5. The number of aliphatic hydroxyl groups excluding tert-OH is 1. The molecule has 102 valence electrons. The molecule has 19 heavy (non-hydrogen) atoms. The molecule has 0 unspecified atom stereocenters. The molecule has 0 aliphatic carbocycles. The number of guanidine groups is 1. The van der Waals surface area contributed by atoms with E-state index in [4.69, 9.17) is 16.2 Å². The molecule has 1 aliphatic heterocycles. The molecule has 0 atom stereocenters. The molecule has 1 saturated heterocycles. The van der Waals surface area contributed by atoms with Gasteiger partial charge in [0.25, 0.3) is 0 Å². The molecule has 2 rings (SSSR count). The van der Waals surface area contributed by atoms with Gasteiger partial charge in [0, 0.05) is 18.8 Å². The maximum Gasteiger partial charge on any atom is 0.531 e. The average molecular weight is 266 g/mol. The summed E-state index contributed by atoms with van der Waals surface area (Å²) in [5, 5.41) is 25.7. The van der Waals surface area contributed by atoms with E-state index in [2.05, 4.69) is 4.84 Å². The Morgan fingerprint density at radius 3 is 2.42 bits per heavy atom. The van der Waals surface area contributed by atoms with E-state index in [1.165, 1.54) is 0 Å². The Bertz CT molecular complexity index is 484. The van der Waals surface area contributed by atoms with Gasteiger partial charge in [-0.3, -0.25) is 10.2 Å². The summed E-state index contributed by atoms with van der Waals surface area (Å²) in [6, 6.07) is 6.65. The van der Waals surface area contributed by atoms with Crippen LogP contribution in [0.25, 0.3) is 0 Å². The van der Waals surface area contributed by atoms with Crippen molar-refractivity contribution in [1.82, 2.24) is 0 Å². The molecule has 5 N–H and O–H groups in total. The average Bonchev–Trinajstić information content (AvgIpc) is 2.32. The van der Waals surface area contributed by atoms with Crippen LogP contribution in [0.15, 0.2) is 24.3 Å². The normalized spacial score (nSPS) is 14.7. The monoisotopic (exact) mass is 266 g/mol. The topological polar surface area (TPSA) is 123 Å². The lowest BCUT2D eigenvalue weighted by Crippen LogP contribution is -2.50. The quantitative estimate of drug-likeness (QED) is 0.342. The highest BCUT2D eigenvalue weighted by Gasteiger charge is 2.24. The van der Waals surface area contributed by atoms with Crippen LogP contribution in [0.5, 0.6) is 0 Å². The first-order chi connectivity index (χ1) is 8.97. The van der Waals surface area contributed by atoms with E-state index < -0.39 is 12.1 Å². The van der Waals surface area contributed by atoms with Crippen LogP contribution in [0.2, 0.25) is 0 Å². The predicted molar refractivity (Wildman–Crippen MR) is 68.2 cm³/mol. The lowest BCUT2D eigenvalue weighted by molar-refractivity contribution is 0.0942. The van der Waals surface area contributed by atoms with E-state index in [9.17, 15) is 9.90 Å². The number of nitrogens with two attached hydrogens (primary N) is 1. The van der Waals surface area contributed by atoms with E-state index in [-0.39, 0.29) is 6.10 Å². The number of anilines is 2. The molecule has 1 aromatic rings. The van der Waals surface area contributed by atoms with Crippen molar-refractivity contribution in [1.29, 1.82) is 5.41 Å². The van der Waals surface area contributed by atoms with Gasteiger partial charge in [0.2, 0.25) is 5.96 Å². The number of β-amino-alcohol motifs (C(OH)–C–C–N with tert-alkyl or cyclic N) is 1. The molecule has 1 heterocycles. The summed E-state index contributed by atoms with van der Waals surface area (Å²) in [4.78, 5) is 16.9. The van der Waals surface area contributed by atoms with E-state index in [0.29, 0.717) is 23.8 Å². The van der Waals surface area contributed by atoms with Gasteiger partial charge in [-0.1, -0.05) is 0 Å². The Balaban J connectivity index is 2.11. The van der Waals surface area contributed by atoms with E-state index in [1.54, 1.807) is 24.3 Å². The summed E-state index contributed by atoms with van der Waals surface area (Å²) in [7, 11) is 0. The van der Waals surface area contributed by atoms with Crippen LogP contribution in [0.3, 0.4) is 0 Å². The van der Waals surface area contributed by atoms with Crippen molar-refractivity contribution in [2.45, 2.75) is 6.10 Å². The number of carbonyl (C=O) groups is 1. The van der Waals surface area contributed by atoms with Gasteiger partial charge in [-0.2, -0.15) is 0 Å². The Morgan fingerprint density at radius 1 is 1.42 bits per heavy atom. The van der Waals surface area contributed by atoms with Crippen LogP contribution in [-0.2, 0) is 4.84 Å². The van der Waals surface area contributed by atoms with Gasteiger partial charge in [0.15, 0.2) is 0 Å². The number of nitrogens with one attached hydrogen (secondary N) is 1. The third-order valence-corrected chi connectivity index (χ3v) is 2.70. The number of hydroxylamine groups is 1. The van der Waals surface area contributed by atoms with Crippen molar-refractivity contribution in [3.05, 3.63) is 24.3 Å². The minimum Gasteiger partial charge on any atom is -0.448 e. The SMILES string of the molecule is N=C(N)N(OC(=O)O)c1ccc(N2CC(O)C2)cc1. The fourth-order valence-electron chi connectivity index (χ4n) is 1.78. The molecule has 8 nitrogen and oxygen atoms in total. The standard InChI is InChI=1S/C11H14N4O4/c12-10(13)15(19-11(17)18)8-3-1-7(2-4-8)14-5-9(16)6-14/h1-4,9,16H,5-6H2,(H3,12,13)(H,17,18). The molecule has 1 aromatic carbocycles. The number of aliphatic hydroxyl groups is 1. The van der Waals surface area contributed by atoms with Crippen molar-refractivity contribution in [3.63, 3.8) is 0 Å². The third-order valence-electron chi connectivity index (χ3n) is 2.70. The van der Waals surface area contributed by atoms with Crippen LogP contribution in [0, 0.1) is 5.41 Å². The molecular formula is C11H14N4O4. The van der Waals surface area contributed by atoms with Crippen LogP contribution < -0.4 is 15.7 Å². The second kappa shape index (κ2) is 5.02. The predicted octanol–water partition coefficient (Wildman–Crippen LogP) is 0.177. The first kappa shape index (κ1) is 13.0.